The van der Waals surface area contributed by atoms with Gasteiger partial charge in [0.15, 0.2) is 5.82 Å². The molecule has 0 bridgehead atoms. The van der Waals surface area contributed by atoms with Gasteiger partial charge in [-0.3, -0.25) is 0 Å². The zero-order chi connectivity index (χ0) is 10.7. The molecule has 0 amide bonds. The summed E-state index contributed by atoms with van der Waals surface area (Å²) in [6.07, 6.45) is 2.88. The molecule has 1 saturated heterocycles. The Kier molecular flexibility index (Phi) is 3.33. The van der Waals surface area contributed by atoms with Gasteiger partial charge in [-0.15, -0.1) is 0 Å². The second-order valence-corrected chi connectivity index (χ2v) is 3.94. The van der Waals surface area contributed by atoms with Gasteiger partial charge in [-0.1, -0.05) is 5.16 Å². The third-order valence-corrected chi connectivity index (χ3v) is 2.67. The minimum atomic E-state index is 0.0242. The molecule has 5 heteroatoms. The van der Waals surface area contributed by atoms with E-state index < -0.39 is 0 Å². The highest BCUT2D eigenvalue weighted by Gasteiger charge is 2.23. The summed E-state index contributed by atoms with van der Waals surface area (Å²) in [4.78, 5) is 4.34. The molecule has 2 rings (SSSR count). The van der Waals surface area contributed by atoms with Gasteiger partial charge >= 0.3 is 0 Å². The molecule has 0 aromatic carbocycles. The van der Waals surface area contributed by atoms with Crippen LogP contribution in [0, 0.1) is 0 Å². The van der Waals surface area contributed by atoms with Crippen molar-refractivity contribution in [2.45, 2.75) is 38.3 Å². The molecule has 0 saturated carbocycles. The molecular weight excluding hydrogens is 194 g/mol. The lowest BCUT2D eigenvalue weighted by Crippen LogP contribution is -2.24. The average molecular weight is 211 g/mol. The maximum absolute atomic E-state index is 5.47. The van der Waals surface area contributed by atoms with Gasteiger partial charge in [0.2, 0.25) is 0 Å². The van der Waals surface area contributed by atoms with Crippen molar-refractivity contribution in [2.24, 2.45) is 0 Å². The van der Waals surface area contributed by atoms with Crippen LogP contribution in [0.1, 0.15) is 37.6 Å². The summed E-state index contributed by atoms with van der Waals surface area (Å²) in [7, 11) is 1.92. The minimum absolute atomic E-state index is 0.0242. The predicted molar refractivity (Wildman–Crippen MR) is 54.5 cm³/mol. The quantitative estimate of drug-likeness (QED) is 0.807. The van der Waals surface area contributed by atoms with Crippen LogP contribution in [0.3, 0.4) is 0 Å². The molecule has 84 valence electrons. The molecule has 2 atom stereocenters. The van der Waals surface area contributed by atoms with Crippen LogP contribution in [-0.4, -0.2) is 29.8 Å². The summed E-state index contributed by atoms with van der Waals surface area (Å²) in [5.41, 5.74) is 0. The fourth-order valence-electron chi connectivity index (χ4n) is 1.63. The Morgan fingerprint density at radius 1 is 1.60 bits per heavy atom. The van der Waals surface area contributed by atoms with Crippen LogP contribution in [0.15, 0.2) is 4.52 Å². The van der Waals surface area contributed by atoms with Gasteiger partial charge in [-0.2, -0.15) is 4.98 Å². The number of aromatic nitrogens is 2. The van der Waals surface area contributed by atoms with E-state index in [0.29, 0.717) is 11.9 Å². The lowest BCUT2D eigenvalue weighted by atomic mass is 10.2. The highest BCUT2D eigenvalue weighted by molar-refractivity contribution is 4.93. The highest BCUT2D eigenvalue weighted by atomic mass is 16.5. The number of hydrogen-bond donors (Lipinski definition) is 1. The van der Waals surface area contributed by atoms with E-state index >= 15 is 0 Å². The Balaban J connectivity index is 1.97. The van der Waals surface area contributed by atoms with Crippen LogP contribution in [0.2, 0.25) is 0 Å². The standard InChI is InChI=1S/C10H17N3O2/c1-7(11-2)6-9-12-10(15-13-9)8-4-3-5-14-8/h7-8,11H,3-6H2,1-2H3. The molecule has 2 heterocycles. The van der Waals surface area contributed by atoms with Gasteiger partial charge in [-0.25, -0.2) is 0 Å². The van der Waals surface area contributed by atoms with Crippen molar-refractivity contribution in [3.05, 3.63) is 11.7 Å². The maximum Gasteiger partial charge on any atom is 0.255 e. The number of hydrogen-bond acceptors (Lipinski definition) is 5. The Morgan fingerprint density at radius 3 is 3.13 bits per heavy atom. The summed E-state index contributed by atoms with van der Waals surface area (Å²) < 4.78 is 10.7. The maximum atomic E-state index is 5.47. The first-order valence-corrected chi connectivity index (χ1v) is 5.41. The van der Waals surface area contributed by atoms with E-state index in [1.54, 1.807) is 0 Å². The summed E-state index contributed by atoms with van der Waals surface area (Å²) in [5.74, 6) is 1.38. The number of likely N-dealkylation sites (N-methyl/N-ethyl adjacent to an activating group) is 1. The SMILES string of the molecule is CNC(C)Cc1noc(C2CCCO2)n1. The van der Waals surface area contributed by atoms with Crippen molar-refractivity contribution in [1.29, 1.82) is 0 Å². The van der Waals surface area contributed by atoms with E-state index in [1.165, 1.54) is 0 Å². The molecule has 1 fully saturated rings. The monoisotopic (exact) mass is 211 g/mol. The number of nitrogens with one attached hydrogen (secondary N) is 1. The summed E-state index contributed by atoms with van der Waals surface area (Å²) in [6.45, 7) is 2.89. The smallest absolute Gasteiger partial charge is 0.255 e. The largest absolute Gasteiger partial charge is 0.368 e. The number of ether oxygens (including phenoxy) is 1. The Hall–Kier alpha value is -0.940. The highest BCUT2D eigenvalue weighted by Crippen LogP contribution is 2.26. The first kappa shape index (κ1) is 10.6. The van der Waals surface area contributed by atoms with Gasteiger partial charge in [0, 0.05) is 19.1 Å². The van der Waals surface area contributed by atoms with Gasteiger partial charge < -0.3 is 14.6 Å². The predicted octanol–water partition coefficient (Wildman–Crippen LogP) is 1.07. The van der Waals surface area contributed by atoms with E-state index in [0.717, 1.165) is 31.7 Å². The minimum Gasteiger partial charge on any atom is -0.368 e. The topological polar surface area (TPSA) is 60.2 Å². The van der Waals surface area contributed by atoms with Crippen molar-refractivity contribution in [3.63, 3.8) is 0 Å². The third-order valence-electron chi connectivity index (χ3n) is 2.67. The first-order chi connectivity index (χ1) is 7.29. The fourth-order valence-corrected chi connectivity index (χ4v) is 1.63. The second kappa shape index (κ2) is 4.72. The van der Waals surface area contributed by atoms with E-state index in [1.807, 2.05) is 7.05 Å². The molecule has 1 aromatic heterocycles. The van der Waals surface area contributed by atoms with Crippen molar-refractivity contribution in [2.75, 3.05) is 13.7 Å². The van der Waals surface area contributed by atoms with Crippen molar-refractivity contribution in [3.8, 4) is 0 Å². The molecule has 0 aliphatic carbocycles. The van der Waals surface area contributed by atoms with Gasteiger partial charge in [0.1, 0.15) is 6.10 Å². The van der Waals surface area contributed by atoms with E-state index in [-0.39, 0.29) is 6.10 Å². The normalized spacial score (nSPS) is 23.2. The van der Waals surface area contributed by atoms with Crippen molar-refractivity contribution in [1.82, 2.24) is 15.5 Å². The summed E-state index contributed by atoms with van der Waals surface area (Å²) >= 11 is 0. The molecule has 15 heavy (non-hydrogen) atoms. The molecule has 1 N–H and O–H groups in total. The first-order valence-electron chi connectivity index (χ1n) is 5.41. The van der Waals surface area contributed by atoms with E-state index in [2.05, 4.69) is 22.4 Å². The molecule has 2 unspecified atom stereocenters. The molecule has 0 radical (unpaired) electrons. The van der Waals surface area contributed by atoms with Crippen LogP contribution in [0.4, 0.5) is 0 Å². The third kappa shape index (κ3) is 2.54. The zero-order valence-electron chi connectivity index (χ0n) is 9.19. The second-order valence-electron chi connectivity index (χ2n) is 3.94. The van der Waals surface area contributed by atoms with Crippen LogP contribution in [0.25, 0.3) is 0 Å². The van der Waals surface area contributed by atoms with Crippen LogP contribution in [-0.2, 0) is 11.2 Å². The average Bonchev–Trinajstić information content (AvgIpc) is 2.85. The van der Waals surface area contributed by atoms with E-state index in [9.17, 15) is 0 Å². The molecule has 5 nitrogen and oxygen atoms in total. The Bertz CT molecular complexity index is 307. The van der Waals surface area contributed by atoms with Crippen molar-refractivity contribution < 1.29 is 9.26 Å². The molecule has 1 aliphatic rings. The molecular formula is C10H17N3O2. The van der Waals surface area contributed by atoms with Gasteiger partial charge in [0.25, 0.3) is 5.89 Å². The molecule has 1 aliphatic heterocycles. The van der Waals surface area contributed by atoms with Gasteiger partial charge in [0.05, 0.1) is 0 Å². The Labute approximate surface area is 89.2 Å². The molecule has 0 spiro atoms. The van der Waals surface area contributed by atoms with E-state index in [4.69, 9.17) is 9.26 Å². The van der Waals surface area contributed by atoms with Crippen molar-refractivity contribution >= 4 is 0 Å². The van der Waals surface area contributed by atoms with Crippen LogP contribution >= 0.6 is 0 Å². The van der Waals surface area contributed by atoms with Gasteiger partial charge in [-0.05, 0) is 26.8 Å². The number of nitrogens with zero attached hydrogens (tertiary/aromatic N) is 2. The Morgan fingerprint density at radius 2 is 2.47 bits per heavy atom. The molecule has 1 aromatic rings. The zero-order valence-corrected chi connectivity index (χ0v) is 9.19. The summed E-state index contributed by atoms with van der Waals surface area (Å²) in [5, 5.41) is 7.08. The van der Waals surface area contributed by atoms with Crippen LogP contribution in [0.5, 0.6) is 0 Å². The fraction of sp³-hybridized carbons (Fsp3) is 0.800. The number of rotatable bonds is 4. The summed E-state index contributed by atoms with van der Waals surface area (Å²) in [6, 6.07) is 0.361. The van der Waals surface area contributed by atoms with Crippen LogP contribution < -0.4 is 5.32 Å². The lowest BCUT2D eigenvalue weighted by molar-refractivity contribution is 0.0835. The lowest BCUT2D eigenvalue weighted by Gasteiger charge is -2.05.